The van der Waals surface area contributed by atoms with Gasteiger partial charge in [0.2, 0.25) is 5.91 Å². The minimum Gasteiger partial charge on any atom is -0.378 e. The van der Waals surface area contributed by atoms with Gasteiger partial charge >= 0.3 is 0 Å². The van der Waals surface area contributed by atoms with Crippen molar-refractivity contribution in [1.29, 1.82) is 0 Å². The average molecular weight is 369 g/mol. The van der Waals surface area contributed by atoms with E-state index in [1.54, 1.807) is 29.2 Å². The minimum absolute atomic E-state index is 0.0564. The number of nitro groups is 1. The number of hydrogen-bond donors (Lipinski definition) is 1. The van der Waals surface area contributed by atoms with Crippen LogP contribution in [0.25, 0.3) is 0 Å². The van der Waals surface area contributed by atoms with Crippen molar-refractivity contribution in [1.82, 2.24) is 4.90 Å². The lowest BCUT2D eigenvalue weighted by Crippen LogP contribution is -2.41. The maximum atomic E-state index is 12.2. The summed E-state index contributed by atoms with van der Waals surface area (Å²) in [5.74, 6) is -0.303. The third-order valence-corrected chi connectivity index (χ3v) is 4.27. The fraction of sp³-hybridized carbons (Fsp3) is 0.263. The summed E-state index contributed by atoms with van der Waals surface area (Å²) in [5.41, 5.74) is 1.70. The van der Waals surface area contributed by atoms with Crippen molar-refractivity contribution in [3.05, 3.63) is 69.8 Å². The number of benzene rings is 2. The Morgan fingerprint density at radius 1 is 1.04 bits per heavy atom. The Morgan fingerprint density at radius 3 is 2.26 bits per heavy atom. The molecule has 0 unspecified atom stereocenters. The van der Waals surface area contributed by atoms with E-state index in [-0.39, 0.29) is 17.5 Å². The molecule has 8 heteroatoms. The van der Waals surface area contributed by atoms with Crippen LogP contribution in [0, 0.1) is 10.1 Å². The molecule has 1 aliphatic heterocycles. The van der Waals surface area contributed by atoms with Crippen molar-refractivity contribution in [2.45, 2.75) is 6.42 Å². The molecule has 0 saturated carbocycles. The molecule has 140 valence electrons. The summed E-state index contributed by atoms with van der Waals surface area (Å²) in [6, 6.07) is 12.4. The molecule has 1 fully saturated rings. The smallest absolute Gasteiger partial charge is 0.269 e. The van der Waals surface area contributed by atoms with Crippen LogP contribution in [0.5, 0.6) is 0 Å². The molecular weight excluding hydrogens is 350 g/mol. The molecule has 1 aliphatic rings. The van der Waals surface area contributed by atoms with E-state index < -0.39 is 4.92 Å². The third-order valence-electron chi connectivity index (χ3n) is 4.27. The van der Waals surface area contributed by atoms with Gasteiger partial charge < -0.3 is 15.0 Å². The zero-order chi connectivity index (χ0) is 19.2. The van der Waals surface area contributed by atoms with Crippen molar-refractivity contribution in [3.8, 4) is 0 Å². The van der Waals surface area contributed by atoms with Crippen LogP contribution in [-0.4, -0.2) is 47.9 Å². The lowest BCUT2D eigenvalue weighted by molar-refractivity contribution is -0.384. The lowest BCUT2D eigenvalue weighted by Gasteiger charge is -2.26. The molecule has 0 atom stereocenters. The van der Waals surface area contributed by atoms with E-state index in [0.29, 0.717) is 44.0 Å². The molecule has 0 radical (unpaired) electrons. The highest BCUT2D eigenvalue weighted by molar-refractivity contribution is 6.04. The Labute approximate surface area is 155 Å². The van der Waals surface area contributed by atoms with E-state index >= 15 is 0 Å². The number of nitrogens with zero attached hydrogens (tertiary/aromatic N) is 2. The first kappa shape index (κ1) is 18.5. The normalized spacial score (nSPS) is 13.9. The number of carbonyl (C=O) groups excluding carboxylic acids is 2. The van der Waals surface area contributed by atoms with E-state index in [1.165, 1.54) is 24.3 Å². The van der Waals surface area contributed by atoms with E-state index in [4.69, 9.17) is 4.74 Å². The van der Waals surface area contributed by atoms with Crippen LogP contribution >= 0.6 is 0 Å². The fourth-order valence-corrected chi connectivity index (χ4v) is 2.74. The number of hydrogen-bond acceptors (Lipinski definition) is 5. The highest BCUT2D eigenvalue weighted by Crippen LogP contribution is 2.15. The highest BCUT2D eigenvalue weighted by Gasteiger charge is 2.17. The molecule has 2 amide bonds. The molecule has 1 N–H and O–H groups in total. The Morgan fingerprint density at radius 2 is 1.67 bits per heavy atom. The predicted octanol–water partition coefficient (Wildman–Crippen LogP) is 2.25. The van der Waals surface area contributed by atoms with Gasteiger partial charge in [0.05, 0.1) is 24.6 Å². The monoisotopic (exact) mass is 369 g/mol. The number of nitrogens with one attached hydrogen (secondary N) is 1. The number of amides is 2. The fourth-order valence-electron chi connectivity index (χ4n) is 2.74. The summed E-state index contributed by atoms with van der Waals surface area (Å²) >= 11 is 0. The number of anilines is 1. The summed E-state index contributed by atoms with van der Waals surface area (Å²) in [7, 11) is 0. The molecule has 27 heavy (non-hydrogen) atoms. The number of non-ortho nitro benzene ring substituents is 1. The first-order chi connectivity index (χ1) is 13.0. The molecule has 0 aliphatic carbocycles. The molecule has 0 spiro atoms. The average Bonchev–Trinajstić information content (AvgIpc) is 2.70. The summed E-state index contributed by atoms with van der Waals surface area (Å²) in [6.07, 6.45) is 0.302. The summed E-state index contributed by atoms with van der Waals surface area (Å²) < 4.78 is 5.24. The largest absolute Gasteiger partial charge is 0.378 e. The number of nitro benzene ring substituents is 1. The number of rotatable bonds is 5. The minimum atomic E-state index is -0.515. The van der Waals surface area contributed by atoms with Crippen LogP contribution in [0.3, 0.4) is 0 Å². The predicted molar refractivity (Wildman–Crippen MR) is 98.6 cm³/mol. The Bertz CT molecular complexity index is 827. The van der Waals surface area contributed by atoms with Crippen molar-refractivity contribution in [3.63, 3.8) is 0 Å². The van der Waals surface area contributed by atoms with Gasteiger partial charge in [-0.25, -0.2) is 0 Å². The van der Waals surface area contributed by atoms with Gasteiger partial charge in [-0.2, -0.15) is 0 Å². The Hall–Kier alpha value is -3.26. The molecule has 3 rings (SSSR count). The molecule has 8 nitrogen and oxygen atoms in total. The summed E-state index contributed by atoms with van der Waals surface area (Å²) in [5, 5.41) is 13.4. The maximum Gasteiger partial charge on any atom is 0.269 e. The topological polar surface area (TPSA) is 102 Å². The van der Waals surface area contributed by atoms with Crippen LogP contribution in [0.1, 0.15) is 15.9 Å². The van der Waals surface area contributed by atoms with Crippen LogP contribution in [-0.2, 0) is 16.0 Å². The first-order valence-electron chi connectivity index (χ1n) is 8.53. The number of ether oxygens (including phenoxy) is 1. The van der Waals surface area contributed by atoms with Gasteiger partial charge in [-0.05, 0) is 29.8 Å². The summed E-state index contributed by atoms with van der Waals surface area (Å²) in [6.45, 7) is 2.36. The molecule has 2 aromatic rings. The van der Waals surface area contributed by atoms with Gasteiger partial charge in [0.25, 0.3) is 11.6 Å². The molecule has 2 aromatic carbocycles. The van der Waals surface area contributed by atoms with Gasteiger partial charge in [-0.15, -0.1) is 0 Å². The van der Waals surface area contributed by atoms with Crippen molar-refractivity contribution >= 4 is 23.2 Å². The first-order valence-corrected chi connectivity index (χ1v) is 8.53. The van der Waals surface area contributed by atoms with Gasteiger partial charge in [0.1, 0.15) is 0 Å². The SMILES string of the molecule is O=C(Nc1ccc(CC(=O)N2CCOCC2)cc1)c1ccc([N+](=O)[O-])cc1. The van der Waals surface area contributed by atoms with Crippen LogP contribution < -0.4 is 5.32 Å². The third kappa shape index (κ3) is 4.89. The van der Waals surface area contributed by atoms with E-state index in [0.717, 1.165) is 5.56 Å². The van der Waals surface area contributed by atoms with E-state index in [2.05, 4.69) is 5.32 Å². The maximum absolute atomic E-state index is 12.2. The molecule has 0 aromatic heterocycles. The Kier molecular flexibility index (Phi) is 5.77. The van der Waals surface area contributed by atoms with Crippen molar-refractivity contribution in [2.75, 3.05) is 31.6 Å². The standard InChI is InChI=1S/C19H19N3O5/c23-18(21-9-11-27-12-10-21)13-14-1-5-16(6-2-14)20-19(24)15-3-7-17(8-4-15)22(25)26/h1-8H,9-13H2,(H,20,24). The molecule has 0 bridgehead atoms. The second-order valence-electron chi connectivity index (χ2n) is 6.12. The van der Waals surface area contributed by atoms with Gasteiger partial charge in [0.15, 0.2) is 0 Å². The number of carbonyl (C=O) groups is 2. The van der Waals surface area contributed by atoms with Crippen LogP contribution in [0.4, 0.5) is 11.4 Å². The van der Waals surface area contributed by atoms with Crippen molar-refractivity contribution < 1.29 is 19.2 Å². The second-order valence-corrected chi connectivity index (χ2v) is 6.12. The quantitative estimate of drug-likeness (QED) is 0.643. The molecule has 1 saturated heterocycles. The summed E-state index contributed by atoms with van der Waals surface area (Å²) in [4.78, 5) is 36.4. The van der Waals surface area contributed by atoms with Crippen LogP contribution in [0.2, 0.25) is 0 Å². The van der Waals surface area contributed by atoms with E-state index in [1.807, 2.05) is 0 Å². The van der Waals surface area contributed by atoms with Crippen LogP contribution in [0.15, 0.2) is 48.5 Å². The molecular formula is C19H19N3O5. The second kappa shape index (κ2) is 8.41. The van der Waals surface area contributed by atoms with E-state index in [9.17, 15) is 19.7 Å². The Balaban J connectivity index is 1.57. The lowest BCUT2D eigenvalue weighted by atomic mass is 10.1. The zero-order valence-electron chi connectivity index (χ0n) is 14.6. The highest BCUT2D eigenvalue weighted by atomic mass is 16.6. The van der Waals surface area contributed by atoms with Gasteiger partial charge in [-0.1, -0.05) is 12.1 Å². The van der Waals surface area contributed by atoms with Gasteiger partial charge in [0, 0.05) is 36.5 Å². The molecule has 1 heterocycles. The zero-order valence-corrected chi connectivity index (χ0v) is 14.6. The van der Waals surface area contributed by atoms with Crippen molar-refractivity contribution in [2.24, 2.45) is 0 Å². The van der Waals surface area contributed by atoms with Gasteiger partial charge in [-0.3, -0.25) is 19.7 Å². The number of morpholine rings is 1.